The van der Waals surface area contributed by atoms with Gasteiger partial charge in [-0.1, -0.05) is 6.58 Å². The number of rotatable bonds is 7. The third kappa shape index (κ3) is 6.94. The normalized spacial score (nSPS) is 17.9. The van der Waals surface area contributed by atoms with Gasteiger partial charge in [0, 0.05) is 30.9 Å². The number of aliphatic hydroxyl groups excluding tert-OH is 1. The SMILES string of the molecule is C=C(F)C=N/C=C(\N/C=C/F)c1nn(CC(F)(F)F)c2cc(C(=O)N3CCCCC(O)C3)ncc12. The lowest BCUT2D eigenvalue weighted by atomic mass is 10.2. The Hall–Kier alpha value is -3.61. The van der Waals surface area contributed by atoms with Gasteiger partial charge >= 0.3 is 6.18 Å². The molecule has 0 aliphatic carbocycles. The summed E-state index contributed by atoms with van der Waals surface area (Å²) < 4.78 is 66.0. The van der Waals surface area contributed by atoms with Crippen molar-refractivity contribution in [1.29, 1.82) is 0 Å². The van der Waals surface area contributed by atoms with E-state index in [4.69, 9.17) is 0 Å². The van der Waals surface area contributed by atoms with Gasteiger partial charge in [-0.15, -0.1) is 0 Å². The molecule has 0 bridgehead atoms. The molecule has 8 nitrogen and oxygen atoms in total. The highest BCUT2D eigenvalue weighted by Gasteiger charge is 2.31. The Balaban J connectivity index is 2.09. The maximum absolute atomic E-state index is 13.3. The van der Waals surface area contributed by atoms with Crippen molar-refractivity contribution < 1.29 is 31.9 Å². The van der Waals surface area contributed by atoms with Crippen LogP contribution in [0.15, 0.2) is 48.4 Å². The van der Waals surface area contributed by atoms with Gasteiger partial charge in [-0.25, -0.2) is 8.78 Å². The summed E-state index contributed by atoms with van der Waals surface area (Å²) in [6.45, 7) is 2.01. The van der Waals surface area contributed by atoms with Gasteiger partial charge in [-0.2, -0.15) is 18.3 Å². The molecule has 0 radical (unpaired) electrons. The van der Waals surface area contributed by atoms with E-state index in [0.717, 1.165) is 25.0 Å². The first kappa shape index (κ1) is 26.0. The summed E-state index contributed by atoms with van der Waals surface area (Å²) in [5.41, 5.74) is -0.309. The smallest absolute Gasteiger partial charge is 0.391 e. The predicted octanol–water partition coefficient (Wildman–Crippen LogP) is 3.86. The minimum atomic E-state index is -4.64. The molecule has 1 amide bonds. The number of hydrogen-bond acceptors (Lipinski definition) is 6. The lowest BCUT2D eigenvalue weighted by Crippen LogP contribution is -2.36. The summed E-state index contributed by atoms with van der Waals surface area (Å²) in [4.78, 5) is 22.2. The maximum Gasteiger partial charge on any atom is 0.408 e. The van der Waals surface area contributed by atoms with Gasteiger partial charge in [0.15, 0.2) is 0 Å². The number of nitrogens with one attached hydrogen (secondary N) is 1. The molecule has 2 aromatic rings. The fourth-order valence-electron chi connectivity index (χ4n) is 3.62. The van der Waals surface area contributed by atoms with Crippen LogP contribution >= 0.6 is 0 Å². The fourth-order valence-corrected chi connectivity index (χ4v) is 3.62. The van der Waals surface area contributed by atoms with Gasteiger partial charge in [0.05, 0.1) is 29.7 Å². The number of fused-ring (bicyclic) bond motifs is 1. The maximum atomic E-state index is 13.3. The van der Waals surface area contributed by atoms with Crippen LogP contribution in [-0.4, -0.2) is 62.3 Å². The molecule has 1 fully saturated rings. The van der Waals surface area contributed by atoms with E-state index in [0.29, 0.717) is 24.1 Å². The molecule has 35 heavy (non-hydrogen) atoms. The molecule has 3 rings (SSSR count). The first-order valence-electron chi connectivity index (χ1n) is 10.6. The fraction of sp³-hybridized carbons (Fsp3) is 0.364. The minimum Gasteiger partial charge on any atom is -0.391 e. The van der Waals surface area contributed by atoms with Crippen LogP contribution in [0.3, 0.4) is 0 Å². The van der Waals surface area contributed by atoms with E-state index >= 15 is 0 Å². The number of nitrogens with zero attached hydrogens (tertiary/aromatic N) is 5. The molecule has 2 N–H and O–H groups in total. The number of likely N-dealkylation sites (tertiary alicyclic amines) is 1. The van der Waals surface area contributed by atoms with Crippen molar-refractivity contribution in [2.45, 2.75) is 38.1 Å². The van der Waals surface area contributed by atoms with Crippen LogP contribution < -0.4 is 5.32 Å². The molecule has 0 saturated carbocycles. The Morgan fingerprint density at radius 1 is 1.37 bits per heavy atom. The van der Waals surface area contributed by atoms with Gasteiger partial charge in [-0.05, 0) is 25.3 Å². The van der Waals surface area contributed by atoms with Crippen molar-refractivity contribution >= 4 is 28.7 Å². The predicted molar refractivity (Wildman–Crippen MR) is 119 cm³/mol. The molecular weight excluding hydrogens is 475 g/mol. The number of carbonyl (C=O) groups excluding carboxylic acids is 1. The van der Waals surface area contributed by atoms with E-state index in [9.17, 15) is 31.9 Å². The molecule has 1 aliphatic rings. The van der Waals surface area contributed by atoms with Crippen molar-refractivity contribution in [3.63, 3.8) is 0 Å². The van der Waals surface area contributed by atoms with Gasteiger partial charge in [0.25, 0.3) is 5.91 Å². The molecule has 2 aromatic heterocycles. The summed E-state index contributed by atoms with van der Waals surface area (Å²) >= 11 is 0. The molecular formula is C22H23F5N6O2. The van der Waals surface area contributed by atoms with Gasteiger partial charge < -0.3 is 15.3 Å². The second kappa shape index (κ2) is 11.2. The van der Waals surface area contributed by atoms with Crippen molar-refractivity contribution in [3.05, 3.63) is 54.8 Å². The summed E-state index contributed by atoms with van der Waals surface area (Å²) in [6.07, 6.45) is 0.574. The van der Waals surface area contributed by atoms with Gasteiger partial charge in [0.1, 0.15) is 30.1 Å². The second-order valence-electron chi connectivity index (χ2n) is 7.81. The number of aromatic nitrogens is 3. The Bertz CT molecular complexity index is 1170. The number of amides is 1. The number of alkyl halides is 3. The lowest BCUT2D eigenvalue weighted by Gasteiger charge is -2.21. The quantitative estimate of drug-likeness (QED) is 0.447. The largest absolute Gasteiger partial charge is 0.408 e. The molecule has 1 atom stereocenters. The Kier molecular flexibility index (Phi) is 8.33. The van der Waals surface area contributed by atoms with Crippen molar-refractivity contribution in [2.24, 2.45) is 4.99 Å². The van der Waals surface area contributed by atoms with Crippen LogP contribution in [0.5, 0.6) is 0 Å². The molecule has 1 saturated heterocycles. The highest BCUT2D eigenvalue weighted by atomic mass is 19.4. The lowest BCUT2D eigenvalue weighted by molar-refractivity contribution is -0.141. The number of pyridine rings is 1. The third-order valence-electron chi connectivity index (χ3n) is 5.09. The number of aliphatic imine (C=N–C) groups is 1. The molecule has 1 aliphatic heterocycles. The van der Waals surface area contributed by atoms with Gasteiger partial charge in [-0.3, -0.25) is 19.5 Å². The third-order valence-corrected chi connectivity index (χ3v) is 5.09. The first-order chi connectivity index (χ1) is 16.6. The summed E-state index contributed by atoms with van der Waals surface area (Å²) in [6, 6.07) is 1.19. The van der Waals surface area contributed by atoms with Crippen LogP contribution in [0, 0.1) is 0 Å². The summed E-state index contributed by atoms with van der Waals surface area (Å²) in [5, 5.41) is 16.6. The minimum absolute atomic E-state index is 0.0538. The first-order valence-corrected chi connectivity index (χ1v) is 10.6. The Morgan fingerprint density at radius 3 is 2.83 bits per heavy atom. The number of β-amino-alcohol motifs (C(OH)–C–C–N with tert-alkyl or cyclic N) is 1. The molecule has 0 aromatic carbocycles. The van der Waals surface area contributed by atoms with E-state index in [1.54, 1.807) is 0 Å². The topological polar surface area (TPSA) is 95.6 Å². The molecule has 0 spiro atoms. The zero-order chi connectivity index (χ0) is 25.6. The van der Waals surface area contributed by atoms with E-state index in [-0.39, 0.29) is 40.9 Å². The zero-order valence-electron chi connectivity index (χ0n) is 18.5. The highest BCUT2D eigenvalue weighted by Crippen LogP contribution is 2.27. The van der Waals surface area contributed by atoms with Crippen molar-refractivity contribution in [3.8, 4) is 0 Å². The van der Waals surface area contributed by atoms with Crippen LogP contribution in [0.2, 0.25) is 0 Å². The molecule has 1 unspecified atom stereocenters. The molecule has 3 heterocycles. The van der Waals surface area contributed by atoms with E-state index in [1.165, 1.54) is 17.2 Å². The van der Waals surface area contributed by atoms with Crippen LogP contribution in [-0.2, 0) is 6.54 Å². The Labute approximate surface area is 197 Å². The summed E-state index contributed by atoms with van der Waals surface area (Å²) in [5.74, 6) is -1.41. The summed E-state index contributed by atoms with van der Waals surface area (Å²) in [7, 11) is 0. The van der Waals surface area contributed by atoms with E-state index in [2.05, 4.69) is 27.0 Å². The average molecular weight is 498 g/mol. The number of carbonyl (C=O) groups is 1. The highest BCUT2D eigenvalue weighted by molar-refractivity contribution is 5.98. The van der Waals surface area contributed by atoms with Crippen LogP contribution in [0.25, 0.3) is 16.6 Å². The molecule has 13 heteroatoms. The monoisotopic (exact) mass is 498 g/mol. The van der Waals surface area contributed by atoms with Gasteiger partial charge in [0.2, 0.25) is 0 Å². The van der Waals surface area contributed by atoms with Crippen LogP contribution in [0.1, 0.15) is 35.4 Å². The number of halogens is 5. The molecule has 188 valence electrons. The number of allylic oxidation sites excluding steroid dienone is 1. The van der Waals surface area contributed by atoms with Crippen molar-refractivity contribution in [2.75, 3.05) is 13.1 Å². The number of aliphatic hydroxyl groups is 1. The van der Waals surface area contributed by atoms with Crippen LogP contribution in [0.4, 0.5) is 22.0 Å². The van der Waals surface area contributed by atoms with E-state index in [1.807, 2.05) is 0 Å². The van der Waals surface area contributed by atoms with Crippen molar-refractivity contribution in [1.82, 2.24) is 25.0 Å². The van der Waals surface area contributed by atoms with E-state index < -0.39 is 30.6 Å². The second-order valence-corrected chi connectivity index (χ2v) is 7.81. The standard InChI is InChI=1S/C22H23F5N6O2/c1-14(24)9-28-11-18(29-6-5-23)20-16-10-30-17(8-19(16)33(31-20)13-22(25,26)27)21(35)32-7-3-2-4-15(34)12-32/h5-6,8-11,15,29,34H,1-4,7,12-13H2/b6-5+,18-11-,28-9?. The number of hydrogen-bond donors (Lipinski definition) is 2. The Morgan fingerprint density at radius 2 is 2.14 bits per heavy atom. The average Bonchev–Trinajstić information content (AvgIpc) is 2.97. The zero-order valence-corrected chi connectivity index (χ0v) is 18.5.